The molecule has 0 unspecified atom stereocenters. The molecule has 0 aliphatic heterocycles. The molecular formula is C15H19N3O2S2. The van der Waals surface area contributed by atoms with Crippen molar-refractivity contribution in [3.63, 3.8) is 0 Å². The molecule has 0 bridgehead atoms. The average molecular weight is 337 g/mol. The molecule has 0 spiro atoms. The second kappa shape index (κ2) is 6.83. The molecular weight excluding hydrogens is 318 g/mol. The number of esters is 1. The molecule has 5 nitrogen and oxygen atoms in total. The molecule has 118 valence electrons. The van der Waals surface area contributed by atoms with Gasteiger partial charge in [0.05, 0.1) is 11.9 Å². The van der Waals surface area contributed by atoms with E-state index in [0.29, 0.717) is 6.04 Å². The Kier molecular flexibility index (Phi) is 4.83. The predicted molar refractivity (Wildman–Crippen MR) is 87.4 cm³/mol. The van der Waals surface area contributed by atoms with E-state index < -0.39 is 0 Å². The lowest BCUT2D eigenvalue weighted by Gasteiger charge is -2.09. The van der Waals surface area contributed by atoms with Crippen molar-refractivity contribution in [1.82, 2.24) is 14.8 Å². The van der Waals surface area contributed by atoms with Gasteiger partial charge in [-0.1, -0.05) is 17.8 Å². The first kappa shape index (κ1) is 15.6. The highest BCUT2D eigenvalue weighted by Crippen LogP contribution is 2.39. The molecule has 1 saturated carbocycles. The normalized spacial score (nSPS) is 14.5. The number of nitrogens with zero attached hydrogens (tertiary/aromatic N) is 3. The van der Waals surface area contributed by atoms with Crippen molar-refractivity contribution >= 4 is 29.1 Å². The number of ether oxygens (including phenoxy) is 1. The Hall–Kier alpha value is -1.34. The summed E-state index contributed by atoms with van der Waals surface area (Å²) in [5, 5.41) is 11.5. The number of aromatic nitrogens is 3. The van der Waals surface area contributed by atoms with E-state index in [9.17, 15) is 4.79 Å². The molecule has 2 aromatic heterocycles. The number of carbonyl (C=O) groups excluding carboxylic acids is 1. The molecule has 0 amide bonds. The van der Waals surface area contributed by atoms with Crippen LogP contribution in [0.3, 0.4) is 0 Å². The molecule has 0 N–H and O–H groups in total. The van der Waals surface area contributed by atoms with Crippen LogP contribution in [0.25, 0.3) is 0 Å². The fourth-order valence-electron chi connectivity index (χ4n) is 2.22. The fraction of sp³-hybridized carbons (Fsp3) is 0.533. The number of rotatable bonds is 7. The molecule has 7 heteroatoms. The highest BCUT2D eigenvalue weighted by molar-refractivity contribution is 7.99. The van der Waals surface area contributed by atoms with E-state index in [1.165, 1.54) is 29.5 Å². The molecule has 3 rings (SSSR count). The van der Waals surface area contributed by atoms with Crippen molar-refractivity contribution in [3.05, 3.63) is 28.2 Å². The first-order valence-corrected chi connectivity index (χ1v) is 9.28. The zero-order chi connectivity index (χ0) is 15.5. The molecule has 2 aromatic rings. The first-order valence-electron chi connectivity index (χ1n) is 7.42. The Bertz CT molecular complexity index is 633. The average Bonchev–Trinajstić information content (AvgIpc) is 3.01. The molecule has 2 heterocycles. The zero-order valence-electron chi connectivity index (χ0n) is 12.7. The summed E-state index contributed by atoms with van der Waals surface area (Å²) in [7, 11) is 0. The Morgan fingerprint density at radius 1 is 1.50 bits per heavy atom. The number of thioether (sulfide) groups is 1. The standard InChI is InChI=1S/C15H19N3O2S2/c1-10(2)20-14(19)9-22-15-17-16-13(18(15)11-5-6-11)8-12-4-3-7-21-12/h3-4,7,10-11H,5-6,8-9H2,1-2H3. The van der Waals surface area contributed by atoms with E-state index in [4.69, 9.17) is 4.74 Å². The zero-order valence-corrected chi connectivity index (χ0v) is 14.3. The lowest BCUT2D eigenvalue weighted by Crippen LogP contribution is -2.14. The van der Waals surface area contributed by atoms with Gasteiger partial charge in [-0.15, -0.1) is 21.5 Å². The van der Waals surface area contributed by atoms with Gasteiger partial charge in [0.25, 0.3) is 0 Å². The summed E-state index contributed by atoms with van der Waals surface area (Å²) >= 11 is 3.15. The maximum atomic E-state index is 11.7. The number of thiophene rings is 1. The third-order valence-electron chi connectivity index (χ3n) is 3.25. The minimum atomic E-state index is -0.204. The number of hydrogen-bond donors (Lipinski definition) is 0. The topological polar surface area (TPSA) is 57.0 Å². The van der Waals surface area contributed by atoms with Gasteiger partial charge < -0.3 is 9.30 Å². The highest BCUT2D eigenvalue weighted by Gasteiger charge is 2.30. The van der Waals surface area contributed by atoms with Crippen molar-refractivity contribution < 1.29 is 9.53 Å². The molecule has 1 aliphatic rings. The maximum Gasteiger partial charge on any atom is 0.316 e. The van der Waals surface area contributed by atoms with Crippen LogP contribution in [0.5, 0.6) is 0 Å². The Morgan fingerprint density at radius 3 is 2.95 bits per heavy atom. The van der Waals surface area contributed by atoms with Gasteiger partial charge in [0.2, 0.25) is 0 Å². The van der Waals surface area contributed by atoms with E-state index in [0.717, 1.165) is 17.4 Å². The quantitative estimate of drug-likeness (QED) is 0.573. The monoisotopic (exact) mass is 337 g/mol. The minimum absolute atomic E-state index is 0.0798. The second-order valence-corrected chi connectivity index (χ2v) is 7.56. The van der Waals surface area contributed by atoms with Crippen LogP contribution in [0.15, 0.2) is 22.7 Å². The number of carbonyl (C=O) groups is 1. The van der Waals surface area contributed by atoms with Crippen molar-refractivity contribution in [3.8, 4) is 0 Å². The Labute approximate surface area is 138 Å². The van der Waals surface area contributed by atoms with Crippen LogP contribution in [-0.4, -0.2) is 32.6 Å². The summed E-state index contributed by atoms with van der Waals surface area (Å²) < 4.78 is 7.37. The first-order chi connectivity index (χ1) is 10.6. The van der Waals surface area contributed by atoms with E-state index in [-0.39, 0.29) is 17.8 Å². The van der Waals surface area contributed by atoms with E-state index in [1.807, 2.05) is 13.8 Å². The summed E-state index contributed by atoms with van der Waals surface area (Å²) in [4.78, 5) is 13.0. The lowest BCUT2D eigenvalue weighted by atomic mass is 10.3. The van der Waals surface area contributed by atoms with Crippen LogP contribution in [-0.2, 0) is 16.0 Å². The van der Waals surface area contributed by atoms with Crippen molar-refractivity contribution in [2.75, 3.05) is 5.75 Å². The summed E-state index contributed by atoms with van der Waals surface area (Å²) in [6, 6.07) is 4.66. The highest BCUT2D eigenvalue weighted by atomic mass is 32.2. The van der Waals surface area contributed by atoms with Gasteiger partial charge in [0.15, 0.2) is 5.16 Å². The van der Waals surface area contributed by atoms with Crippen LogP contribution in [0.2, 0.25) is 0 Å². The smallest absolute Gasteiger partial charge is 0.316 e. The van der Waals surface area contributed by atoms with Crippen LogP contribution in [0, 0.1) is 0 Å². The molecule has 1 fully saturated rings. The third kappa shape index (κ3) is 3.89. The van der Waals surface area contributed by atoms with E-state index in [1.54, 1.807) is 11.3 Å². The molecule has 22 heavy (non-hydrogen) atoms. The predicted octanol–water partition coefficient (Wildman–Crippen LogP) is 3.31. The van der Waals surface area contributed by atoms with Gasteiger partial charge in [-0.25, -0.2) is 0 Å². The molecule has 0 atom stereocenters. The van der Waals surface area contributed by atoms with Crippen LogP contribution in [0.4, 0.5) is 0 Å². The van der Waals surface area contributed by atoms with Gasteiger partial charge in [0.1, 0.15) is 5.82 Å². The van der Waals surface area contributed by atoms with E-state index >= 15 is 0 Å². The summed E-state index contributed by atoms with van der Waals surface area (Å²) in [5.41, 5.74) is 0. The molecule has 0 aromatic carbocycles. The molecule has 1 aliphatic carbocycles. The Morgan fingerprint density at radius 2 is 2.32 bits per heavy atom. The summed E-state index contributed by atoms with van der Waals surface area (Å²) in [5.74, 6) is 1.07. The van der Waals surface area contributed by atoms with Gasteiger partial charge in [-0.2, -0.15) is 0 Å². The van der Waals surface area contributed by atoms with E-state index in [2.05, 4.69) is 32.3 Å². The SMILES string of the molecule is CC(C)OC(=O)CSc1nnc(Cc2cccs2)n1C1CC1. The molecule has 0 saturated heterocycles. The third-order valence-corrected chi connectivity index (χ3v) is 5.04. The van der Waals surface area contributed by atoms with Gasteiger partial charge in [0, 0.05) is 17.3 Å². The van der Waals surface area contributed by atoms with Crippen LogP contribution in [0.1, 0.15) is 43.4 Å². The summed E-state index contributed by atoms with van der Waals surface area (Å²) in [6.45, 7) is 3.71. The number of hydrogen-bond acceptors (Lipinski definition) is 6. The van der Waals surface area contributed by atoms with Gasteiger partial charge in [-0.3, -0.25) is 4.79 Å². The molecule has 0 radical (unpaired) electrons. The van der Waals surface area contributed by atoms with Gasteiger partial charge in [-0.05, 0) is 38.1 Å². The van der Waals surface area contributed by atoms with Crippen LogP contribution >= 0.6 is 23.1 Å². The summed E-state index contributed by atoms with van der Waals surface area (Å²) in [6.07, 6.45) is 3.06. The Balaban J connectivity index is 1.69. The van der Waals surface area contributed by atoms with Crippen molar-refractivity contribution in [1.29, 1.82) is 0 Å². The fourth-order valence-corrected chi connectivity index (χ4v) is 3.72. The largest absolute Gasteiger partial charge is 0.462 e. The van der Waals surface area contributed by atoms with Crippen molar-refractivity contribution in [2.24, 2.45) is 0 Å². The van der Waals surface area contributed by atoms with Crippen molar-refractivity contribution in [2.45, 2.75) is 50.4 Å². The minimum Gasteiger partial charge on any atom is -0.462 e. The maximum absolute atomic E-state index is 11.7. The van der Waals surface area contributed by atoms with Crippen LogP contribution < -0.4 is 0 Å². The second-order valence-electron chi connectivity index (χ2n) is 5.58. The van der Waals surface area contributed by atoms with Gasteiger partial charge >= 0.3 is 5.97 Å². The lowest BCUT2D eigenvalue weighted by molar-refractivity contribution is -0.144.